The summed E-state index contributed by atoms with van der Waals surface area (Å²) >= 11 is -0.708. The van der Waals surface area contributed by atoms with Gasteiger partial charge in [-0.15, -0.1) is 0 Å². The van der Waals surface area contributed by atoms with Crippen molar-refractivity contribution in [3.05, 3.63) is 22.8 Å². The molecule has 1 aliphatic heterocycles. The van der Waals surface area contributed by atoms with E-state index in [-0.39, 0.29) is 22.0 Å². The molecule has 4 rings (SSSR count). The Kier molecular flexibility index (Phi) is 4.93. The van der Waals surface area contributed by atoms with Crippen LogP contribution in [0.15, 0.2) is 12.7 Å². The van der Waals surface area contributed by atoms with Crippen LogP contribution in [0.3, 0.4) is 0 Å². The SMILES string of the molecule is Cn1cnc([Se]c2nc(N)nc3c2ncn3[C@@H]2O[C@H](CO)[C@@H](O)[C@H]2O)c1[N+](=O)[O-]. The molecule has 0 bridgehead atoms. The Labute approximate surface area is 168 Å². The number of aliphatic hydroxyl groups excluding tert-OH is 3. The molecule has 1 fully saturated rings. The Morgan fingerprint density at radius 1 is 1.28 bits per heavy atom. The molecule has 15 heteroatoms. The van der Waals surface area contributed by atoms with E-state index in [2.05, 4.69) is 19.9 Å². The number of aryl methyl sites for hydroxylation is 1. The van der Waals surface area contributed by atoms with Crippen LogP contribution in [0, 0.1) is 10.1 Å². The van der Waals surface area contributed by atoms with Crippen molar-refractivity contribution in [3.8, 4) is 0 Å². The summed E-state index contributed by atoms with van der Waals surface area (Å²) in [6.45, 7) is -0.476. The number of anilines is 1. The third-order valence-corrected chi connectivity index (χ3v) is 6.45. The van der Waals surface area contributed by atoms with Gasteiger partial charge in [-0.3, -0.25) is 0 Å². The van der Waals surface area contributed by atoms with Gasteiger partial charge in [0.2, 0.25) is 0 Å². The van der Waals surface area contributed by atoms with Gasteiger partial charge in [-0.25, -0.2) is 0 Å². The van der Waals surface area contributed by atoms with E-state index in [1.165, 1.54) is 28.8 Å². The minimum atomic E-state index is -1.33. The molecule has 29 heavy (non-hydrogen) atoms. The normalized spacial score (nSPS) is 24.4. The molecular formula is C14H16N8O6Se. The first-order chi connectivity index (χ1) is 13.8. The van der Waals surface area contributed by atoms with E-state index >= 15 is 0 Å². The van der Waals surface area contributed by atoms with Gasteiger partial charge in [0.25, 0.3) is 0 Å². The fourth-order valence-electron chi connectivity index (χ4n) is 3.05. The predicted octanol–water partition coefficient (Wildman–Crippen LogP) is -3.68. The fourth-order valence-corrected chi connectivity index (χ4v) is 5.09. The summed E-state index contributed by atoms with van der Waals surface area (Å²) in [5.74, 6) is -0.250. The zero-order valence-corrected chi connectivity index (χ0v) is 16.6. The van der Waals surface area contributed by atoms with E-state index in [0.29, 0.717) is 10.1 Å². The van der Waals surface area contributed by atoms with Gasteiger partial charge in [0.1, 0.15) is 0 Å². The summed E-state index contributed by atoms with van der Waals surface area (Å²) in [5, 5.41) is 40.9. The summed E-state index contributed by atoms with van der Waals surface area (Å²) < 4.78 is 8.80. The van der Waals surface area contributed by atoms with Gasteiger partial charge in [0.15, 0.2) is 0 Å². The molecule has 0 amide bonds. The molecule has 3 aromatic heterocycles. The number of nitro groups is 1. The Morgan fingerprint density at radius 3 is 2.69 bits per heavy atom. The summed E-state index contributed by atoms with van der Waals surface area (Å²) in [4.78, 5) is 27.4. The topological polar surface area (TPSA) is 200 Å². The van der Waals surface area contributed by atoms with Crippen LogP contribution in [0.5, 0.6) is 0 Å². The Hall–Kier alpha value is -2.68. The van der Waals surface area contributed by atoms with Crippen LogP contribution in [0.2, 0.25) is 0 Å². The number of nitrogen functional groups attached to an aromatic ring is 1. The van der Waals surface area contributed by atoms with E-state index in [1.807, 2.05) is 0 Å². The number of nitrogens with two attached hydrogens (primary N) is 1. The average Bonchev–Trinajstić information content (AvgIpc) is 3.32. The quantitative estimate of drug-likeness (QED) is 0.162. The number of rotatable bonds is 5. The third kappa shape index (κ3) is 3.23. The van der Waals surface area contributed by atoms with Crippen molar-refractivity contribution in [3.63, 3.8) is 0 Å². The molecule has 1 aliphatic rings. The monoisotopic (exact) mass is 472 g/mol. The maximum absolute atomic E-state index is 11.3. The van der Waals surface area contributed by atoms with Crippen molar-refractivity contribution in [1.82, 2.24) is 29.1 Å². The summed E-state index contributed by atoms with van der Waals surface area (Å²) in [6.07, 6.45) is -1.95. The molecule has 5 N–H and O–H groups in total. The molecular weight excluding hydrogens is 455 g/mol. The number of hydrogen-bond donors (Lipinski definition) is 4. The van der Waals surface area contributed by atoms with E-state index in [1.54, 1.807) is 0 Å². The van der Waals surface area contributed by atoms with Gasteiger partial charge in [0.05, 0.1) is 0 Å². The van der Waals surface area contributed by atoms with Gasteiger partial charge < -0.3 is 0 Å². The number of aromatic nitrogens is 6. The molecule has 14 nitrogen and oxygen atoms in total. The molecule has 0 aromatic carbocycles. The van der Waals surface area contributed by atoms with Crippen molar-refractivity contribution < 1.29 is 25.0 Å². The van der Waals surface area contributed by atoms with E-state index in [9.17, 15) is 25.4 Å². The van der Waals surface area contributed by atoms with Crippen molar-refractivity contribution in [2.75, 3.05) is 12.3 Å². The van der Waals surface area contributed by atoms with Crippen LogP contribution in [-0.2, 0) is 11.8 Å². The zero-order chi connectivity index (χ0) is 20.9. The fraction of sp³-hybridized carbons (Fsp3) is 0.429. The third-order valence-electron chi connectivity index (χ3n) is 4.44. The summed E-state index contributed by atoms with van der Waals surface area (Å²) in [5.41, 5.74) is 6.36. The molecule has 0 unspecified atom stereocenters. The number of hydrogen-bond acceptors (Lipinski definition) is 11. The van der Waals surface area contributed by atoms with Crippen LogP contribution in [0.4, 0.5) is 11.8 Å². The number of nitrogens with zero attached hydrogens (tertiary/aromatic N) is 7. The second-order valence-corrected chi connectivity index (χ2v) is 8.33. The number of imidazole rings is 2. The maximum atomic E-state index is 11.3. The van der Waals surface area contributed by atoms with Crippen LogP contribution in [-0.4, -0.2) is 89.2 Å². The van der Waals surface area contributed by atoms with Crippen LogP contribution in [0.1, 0.15) is 6.23 Å². The van der Waals surface area contributed by atoms with E-state index in [4.69, 9.17) is 10.5 Å². The minimum absolute atomic E-state index is 0.0959. The molecule has 4 heterocycles. The first kappa shape index (κ1) is 19.6. The zero-order valence-electron chi connectivity index (χ0n) is 14.9. The predicted molar refractivity (Wildman–Crippen MR) is 97.6 cm³/mol. The Morgan fingerprint density at radius 2 is 2.03 bits per heavy atom. The second kappa shape index (κ2) is 7.29. The van der Waals surface area contributed by atoms with Gasteiger partial charge >= 0.3 is 168 Å². The van der Waals surface area contributed by atoms with E-state index < -0.39 is 51.0 Å². The second-order valence-electron chi connectivity index (χ2n) is 6.28. The molecule has 0 saturated carbocycles. The van der Waals surface area contributed by atoms with Gasteiger partial charge in [-0.2, -0.15) is 0 Å². The number of aliphatic hydroxyl groups is 3. The Balaban J connectivity index is 1.76. The van der Waals surface area contributed by atoms with Gasteiger partial charge in [-0.05, 0) is 0 Å². The van der Waals surface area contributed by atoms with Gasteiger partial charge in [0, 0.05) is 0 Å². The molecule has 0 radical (unpaired) electrons. The van der Waals surface area contributed by atoms with Crippen LogP contribution in [0.25, 0.3) is 11.2 Å². The molecule has 0 aliphatic carbocycles. The molecule has 4 atom stereocenters. The first-order valence-corrected chi connectivity index (χ1v) is 9.99. The van der Waals surface area contributed by atoms with Crippen LogP contribution >= 0.6 is 0 Å². The average molecular weight is 471 g/mol. The standard InChI is InChI=1S/C14H16N8O6Se/c1-20-3-17-11(12(20)22(26)27)29-10-6-9(18-14(15)19-10)21(4-16-6)13-8(25)7(24)5(2-23)28-13/h3-5,7-8,13,23-25H,2H2,1H3,(H2,15,18,19)/t5-,7-,8-,13-/m1/s1. The van der Waals surface area contributed by atoms with Crippen molar-refractivity contribution in [1.29, 1.82) is 0 Å². The number of fused-ring (bicyclic) bond motifs is 1. The molecule has 1 saturated heterocycles. The van der Waals surface area contributed by atoms with Crippen molar-refractivity contribution in [2.45, 2.75) is 24.5 Å². The van der Waals surface area contributed by atoms with E-state index in [0.717, 1.165) is 0 Å². The van der Waals surface area contributed by atoms with Crippen molar-refractivity contribution in [2.24, 2.45) is 7.05 Å². The summed E-state index contributed by atoms with van der Waals surface area (Å²) in [6, 6.07) is 0. The van der Waals surface area contributed by atoms with Gasteiger partial charge in [-0.1, -0.05) is 0 Å². The molecule has 3 aromatic rings. The van der Waals surface area contributed by atoms with Crippen LogP contribution < -0.4 is 14.9 Å². The Bertz CT molecular complexity index is 1090. The number of ether oxygens (including phenoxy) is 1. The molecule has 0 spiro atoms. The first-order valence-electron chi connectivity index (χ1n) is 8.28. The summed E-state index contributed by atoms with van der Waals surface area (Å²) in [7, 11) is 1.52. The van der Waals surface area contributed by atoms with Crippen molar-refractivity contribution >= 4 is 47.1 Å². The molecule has 154 valence electrons.